The fourth-order valence-electron chi connectivity index (χ4n) is 3.24. The largest absolute Gasteiger partial charge is 0.464 e. The van der Waals surface area contributed by atoms with Gasteiger partial charge in [0.1, 0.15) is 5.58 Å². The van der Waals surface area contributed by atoms with Gasteiger partial charge in [-0.2, -0.15) is 0 Å². The minimum Gasteiger partial charge on any atom is -0.464 e. The number of rotatable bonds is 3. The Labute approximate surface area is 145 Å². The zero-order valence-electron chi connectivity index (χ0n) is 13.5. The standard InChI is InChI=1S/C20H19NO2S/c1-13-6-7-15-14(12-23-18(15)10-13)11-20(22)21-17-8-9-24-19-5-3-2-4-16(17)19/h2-7,10,12,17H,8-9,11H2,1H3,(H,21,22). The van der Waals surface area contributed by atoms with Gasteiger partial charge in [0.25, 0.3) is 0 Å². The molecule has 1 aromatic heterocycles. The SMILES string of the molecule is Cc1ccc2c(CC(=O)NC3CCSc4ccccc43)coc2c1. The first-order valence-corrected chi connectivity index (χ1v) is 9.17. The lowest BCUT2D eigenvalue weighted by atomic mass is 10.0. The van der Waals surface area contributed by atoms with Crippen LogP contribution in [0.4, 0.5) is 0 Å². The number of nitrogens with one attached hydrogen (secondary N) is 1. The van der Waals surface area contributed by atoms with Gasteiger partial charge >= 0.3 is 0 Å². The van der Waals surface area contributed by atoms with E-state index in [-0.39, 0.29) is 11.9 Å². The van der Waals surface area contributed by atoms with Crippen molar-refractivity contribution in [3.63, 3.8) is 0 Å². The molecule has 0 fully saturated rings. The van der Waals surface area contributed by atoms with Gasteiger partial charge in [-0.25, -0.2) is 0 Å². The van der Waals surface area contributed by atoms with Crippen LogP contribution in [0.15, 0.2) is 58.0 Å². The third-order valence-corrected chi connectivity index (χ3v) is 5.58. The minimum atomic E-state index is 0.0463. The molecule has 4 rings (SSSR count). The Morgan fingerprint density at radius 1 is 1.29 bits per heavy atom. The molecule has 0 aliphatic carbocycles. The summed E-state index contributed by atoms with van der Waals surface area (Å²) in [6, 6.07) is 14.5. The van der Waals surface area contributed by atoms with Crippen molar-refractivity contribution < 1.29 is 9.21 Å². The van der Waals surface area contributed by atoms with Crippen molar-refractivity contribution in [1.29, 1.82) is 0 Å². The molecule has 2 heterocycles. The van der Waals surface area contributed by atoms with Crippen LogP contribution in [0.3, 0.4) is 0 Å². The van der Waals surface area contributed by atoms with Gasteiger partial charge in [0, 0.05) is 21.6 Å². The summed E-state index contributed by atoms with van der Waals surface area (Å²) in [5, 5.41) is 4.22. The maximum Gasteiger partial charge on any atom is 0.225 e. The molecule has 0 radical (unpaired) electrons. The van der Waals surface area contributed by atoms with E-state index in [1.807, 2.05) is 43.0 Å². The van der Waals surface area contributed by atoms with Crippen molar-refractivity contribution in [2.75, 3.05) is 5.75 Å². The molecule has 2 aromatic carbocycles. The second kappa shape index (κ2) is 6.36. The van der Waals surface area contributed by atoms with Crippen molar-refractivity contribution in [1.82, 2.24) is 5.32 Å². The van der Waals surface area contributed by atoms with Gasteiger partial charge in [-0.3, -0.25) is 4.79 Å². The number of benzene rings is 2. The Bertz CT molecular complexity index is 900. The van der Waals surface area contributed by atoms with E-state index in [2.05, 4.69) is 23.5 Å². The number of hydrogen-bond acceptors (Lipinski definition) is 3. The zero-order valence-corrected chi connectivity index (χ0v) is 14.4. The van der Waals surface area contributed by atoms with Gasteiger partial charge in [0.05, 0.1) is 18.7 Å². The van der Waals surface area contributed by atoms with E-state index in [0.717, 1.165) is 34.3 Å². The number of fused-ring (bicyclic) bond motifs is 2. The number of aryl methyl sites for hydroxylation is 1. The maximum absolute atomic E-state index is 12.5. The van der Waals surface area contributed by atoms with E-state index in [1.165, 1.54) is 10.5 Å². The van der Waals surface area contributed by atoms with Gasteiger partial charge in [0.15, 0.2) is 0 Å². The molecule has 0 saturated heterocycles. The van der Waals surface area contributed by atoms with Crippen LogP contribution in [0.2, 0.25) is 0 Å². The molecular formula is C20H19NO2S. The molecule has 1 atom stereocenters. The zero-order chi connectivity index (χ0) is 16.5. The molecule has 0 bridgehead atoms. The van der Waals surface area contributed by atoms with Gasteiger partial charge in [-0.05, 0) is 36.6 Å². The topological polar surface area (TPSA) is 42.2 Å². The number of amides is 1. The second-order valence-electron chi connectivity index (χ2n) is 6.23. The van der Waals surface area contributed by atoms with Crippen LogP contribution in [0.1, 0.15) is 29.2 Å². The summed E-state index contributed by atoms with van der Waals surface area (Å²) in [7, 11) is 0. The predicted molar refractivity (Wildman–Crippen MR) is 97.3 cm³/mol. The molecule has 1 N–H and O–H groups in total. The third kappa shape index (κ3) is 2.94. The number of hydrogen-bond donors (Lipinski definition) is 1. The average molecular weight is 337 g/mol. The van der Waals surface area contributed by atoms with E-state index in [4.69, 9.17) is 4.42 Å². The van der Waals surface area contributed by atoms with Crippen LogP contribution >= 0.6 is 11.8 Å². The fraction of sp³-hybridized carbons (Fsp3) is 0.250. The second-order valence-corrected chi connectivity index (χ2v) is 7.37. The summed E-state index contributed by atoms with van der Waals surface area (Å²) in [6.45, 7) is 2.03. The van der Waals surface area contributed by atoms with Gasteiger partial charge in [-0.1, -0.05) is 30.3 Å². The van der Waals surface area contributed by atoms with E-state index in [9.17, 15) is 4.79 Å². The summed E-state index contributed by atoms with van der Waals surface area (Å²) < 4.78 is 5.59. The monoisotopic (exact) mass is 337 g/mol. The summed E-state index contributed by atoms with van der Waals surface area (Å²) in [4.78, 5) is 13.8. The summed E-state index contributed by atoms with van der Waals surface area (Å²) in [5.41, 5.74) is 4.18. The van der Waals surface area contributed by atoms with Crippen molar-refractivity contribution in [2.24, 2.45) is 0 Å². The fourth-order valence-corrected chi connectivity index (χ4v) is 4.36. The van der Waals surface area contributed by atoms with Crippen LogP contribution < -0.4 is 5.32 Å². The number of thioether (sulfide) groups is 1. The van der Waals surface area contributed by atoms with Gasteiger partial charge < -0.3 is 9.73 Å². The highest BCUT2D eigenvalue weighted by atomic mass is 32.2. The quantitative estimate of drug-likeness (QED) is 0.757. The van der Waals surface area contributed by atoms with Crippen molar-refractivity contribution in [3.8, 4) is 0 Å². The van der Waals surface area contributed by atoms with Gasteiger partial charge in [0.2, 0.25) is 5.91 Å². The first kappa shape index (κ1) is 15.3. The average Bonchev–Trinajstić information content (AvgIpc) is 2.97. The molecule has 1 aliphatic heterocycles. The summed E-state index contributed by atoms with van der Waals surface area (Å²) in [5.74, 6) is 1.08. The van der Waals surface area contributed by atoms with Crippen LogP contribution in [-0.4, -0.2) is 11.7 Å². The Morgan fingerprint density at radius 2 is 2.17 bits per heavy atom. The van der Waals surface area contributed by atoms with Crippen LogP contribution in [0.5, 0.6) is 0 Å². The van der Waals surface area contributed by atoms with E-state index < -0.39 is 0 Å². The van der Waals surface area contributed by atoms with E-state index in [1.54, 1.807) is 6.26 Å². The van der Waals surface area contributed by atoms with Crippen LogP contribution in [-0.2, 0) is 11.2 Å². The molecule has 24 heavy (non-hydrogen) atoms. The molecule has 1 aliphatic rings. The molecule has 0 spiro atoms. The molecule has 122 valence electrons. The smallest absolute Gasteiger partial charge is 0.225 e. The van der Waals surface area contributed by atoms with E-state index >= 15 is 0 Å². The first-order valence-electron chi connectivity index (χ1n) is 8.18. The molecule has 4 heteroatoms. The molecule has 3 nitrogen and oxygen atoms in total. The van der Waals surface area contributed by atoms with Crippen molar-refractivity contribution in [3.05, 3.63) is 65.4 Å². The number of carbonyl (C=O) groups excluding carboxylic acids is 1. The highest BCUT2D eigenvalue weighted by Gasteiger charge is 2.22. The van der Waals surface area contributed by atoms with Crippen molar-refractivity contribution in [2.45, 2.75) is 30.7 Å². The third-order valence-electron chi connectivity index (χ3n) is 4.46. The predicted octanol–water partition coefficient (Wildman–Crippen LogP) is 4.64. The Morgan fingerprint density at radius 3 is 3.08 bits per heavy atom. The Hall–Kier alpha value is -2.20. The lowest BCUT2D eigenvalue weighted by Crippen LogP contribution is -2.31. The lowest BCUT2D eigenvalue weighted by molar-refractivity contribution is -0.121. The summed E-state index contributed by atoms with van der Waals surface area (Å²) in [6.07, 6.45) is 3.02. The highest BCUT2D eigenvalue weighted by molar-refractivity contribution is 7.99. The van der Waals surface area contributed by atoms with Crippen LogP contribution in [0.25, 0.3) is 11.0 Å². The normalized spacial score (nSPS) is 16.8. The molecule has 1 amide bonds. The Balaban J connectivity index is 1.51. The number of carbonyl (C=O) groups is 1. The van der Waals surface area contributed by atoms with Gasteiger partial charge in [-0.15, -0.1) is 11.8 Å². The highest BCUT2D eigenvalue weighted by Crippen LogP contribution is 2.35. The lowest BCUT2D eigenvalue weighted by Gasteiger charge is -2.25. The summed E-state index contributed by atoms with van der Waals surface area (Å²) >= 11 is 1.86. The Kier molecular flexibility index (Phi) is 4.07. The molecule has 3 aromatic rings. The maximum atomic E-state index is 12.5. The molecular weight excluding hydrogens is 318 g/mol. The number of furan rings is 1. The van der Waals surface area contributed by atoms with Crippen molar-refractivity contribution >= 4 is 28.6 Å². The minimum absolute atomic E-state index is 0.0463. The van der Waals surface area contributed by atoms with E-state index in [0.29, 0.717) is 6.42 Å². The first-order chi connectivity index (χ1) is 11.7. The molecule has 1 unspecified atom stereocenters. The van der Waals surface area contributed by atoms with Crippen LogP contribution in [0, 0.1) is 6.92 Å². The molecule has 0 saturated carbocycles.